The number of carbonyl (C=O) groups excluding carboxylic acids is 2. The second kappa shape index (κ2) is 13.8. The number of hydrazine groups is 1. The fourth-order valence-corrected chi connectivity index (χ4v) is 3.41. The molecule has 0 unspecified atom stereocenters. The summed E-state index contributed by atoms with van der Waals surface area (Å²) in [5.74, 6) is -0.198. The largest absolute Gasteiger partial charge is 0.326 e. The summed E-state index contributed by atoms with van der Waals surface area (Å²) in [6.45, 7) is 3.57. The lowest BCUT2D eigenvalue weighted by Crippen LogP contribution is -2.37. The molecule has 0 bridgehead atoms. The number of carbonyl (C=O) groups is 2. The molecule has 2 amide bonds. The van der Waals surface area contributed by atoms with Crippen molar-refractivity contribution in [2.45, 2.75) is 58.4 Å². The molecule has 0 aliphatic heterocycles. The van der Waals surface area contributed by atoms with Gasteiger partial charge >= 0.3 is 0 Å². The predicted octanol–water partition coefficient (Wildman–Crippen LogP) is 3.96. The smallest absolute Gasteiger partial charge is 0.265 e. The van der Waals surface area contributed by atoms with E-state index in [1.165, 1.54) is 0 Å². The Hall–Kier alpha value is -3.59. The van der Waals surface area contributed by atoms with Crippen LogP contribution in [0.4, 0.5) is 5.69 Å². The topological polar surface area (TPSA) is 114 Å². The lowest BCUT2D eigenvalue weighted by molar-refractivity contribution is -0.116. The molecule has 9 nitrogen and oxygen atoms in total. The van der Waals surface area contributed by atoms with Gasteiger partial charge in [0.05, 0.1) is 6.20 Å². The standard InChI is InChI=1S/C25H33N7O2/c1-2-15-27-30-25(34)20-11-13-22(14-12-20)28-24(33)10-6-4-3-5-7-17-32-19-23(29-31-32)21-9-8-16-26-18-21/h8-9,11-14,16,18-19,27H,2-7,10,15,17H2,1H3,(H,28,33)(H,30,34). The molecule has 0 spiro atoms. The van der Waals surface area contributed by atoms with Crippen molar-refractivity contribution < 1.29 is 9.59 Å². The van der Waals surface area contributed by atoms with Gasteiger partial charge < -0.3 is 5.32 Å². The summed E-state index contributed by atoms with van der Waals surface area (Å²) in [6, 6.07) is 10.8. The zero-order valence-corrected chi connectivity index (χ0v) is 19.7. The van der Waals surface area contributed by atoms with Gasteiger partial charge in [-0.25, -0.2) is 5.43 Å². The highest BCUT2D eigenvalue weighted by Crippen LogP contribution is 2.15. The van der Waals surface area contributed by atoms with Gasteiger partial charge in [-0.15, -0.1) is 5.10 Å². The summed E-state index contributed by atoms with van der Waals surface area (Å²) in [5.41, 5.74) is 8.54. The Morgan fingerprint density at radius 3 is 2.56 bits per heavy atom. The van der Waals surface area contributed by atoms with Gasteiger partial charge in [-0.3, -0.25) is 24.7 Å². The number of hydrogen-bond acceptors (Lipinski definition) is 6. The minimum absolute atomic E-state index is 0.00707. The first-order chi connectivity index (χ1) is 16.7. The maximum atomic E-state index is 12.2. The van der Waals surface area contributed by atoms with E-state index in [2.05, 4.69) is 31.5 Å². The Balaban J connectivity index is 1.25. The average molecular weight is 464 g/mol. The van der Waals surface area contributed by atoms with E-state index in [4.69, 9.17) is 0 Å². The van der Waals surface area contributed by atoms with E-state index in [0.717, 1.165) is 62.9 Å². The molecule has 0 atom stereocenters. The molecule has 2 heterocycles. The van der Waals surface area contributed by atoms with E-state index in [-0.39, 0.29) is 11.8 Å². The highest BCUT2D eigenvalue weighted by molar-refractivity contribution is 5.95. The molecule has 2 aromatic heterocycles. The van der Waals surface area contributed by atoms with Gasteiger partial charge in [0.15, 0.2) is 0 Å². The van der Waals surface area contributed by atoms with Crippen LogP contribution in [0.2, 0.25) is 0 Å². The van der Waals surface area contributed by atoms with Crippen molar-refractivity contribution in [2.75, 3.05) is 11.9 Å². The van der Waals surface area contributed by atoms with Gasteiger partial charge in [-0.2, -0.15) is 0 Å². The van der Waals surface area contributed by atoms with E-state index in [0.29, 0.717) is 17.7 Å². The van der Waals surface area contributed by atoms with Crippen LogP contribution >= 0.6 is 0 Å². The number of unbranched alkanes of at least 4 members (excludes halogenated alkanes) is 4. The average Bonchev–Trinajstić information content (AvgIpc) is 3.33. The number of anilines is 1. The highest BCUT2D eigenvalue weighted by atomic mass is 16.2. The molecule has 3 N–H and O–H groups in total. The Labute approximate surface area is 200 Å². The molecule has 180 valence electrons. The van der Waals surface area contributed by atoms with Gasteiger partial charge in [-0.1, -0.05) is 31.4 Å². The first-order valence-corrected chi connectivity index (χ1v) is 11.9. The van der Waals surface area contributed by atoms with Crippen LogP contribution in [-0.2, 0) is 11.3 Å². The molecule has 9 heteroatoms. The van der Waals surface area contributed by atoms with Crippen LogP contribution in [0.3, 0.4) is 0 Å². The molecule has 34 heavy (non-hydrogen) atoms. The van der Waals surface area contributed by atoms with E-state index in [1.807, 2.05) is 29.9 Å². The SMILES string of the molecule is CCCNNC(=O)c1ccc(NC(=O)CCCCCCCn2cc(-c3cccnc3)nn2)cc1. The molecule has 0 aliphatic rings. The summed E-state index contributed by atoms with van der Waals surface area (Å²) < 4.78 is 1.87. The Kier molecular flexibility index (Phi) is 10.2. The quantitative estimate of drug-likeness (QED) is 0.246. The highest BCUT2D eigenvalue weighted by Gasteiger charge is 2.07. The lowest BCUT2D eigenvalue weighted by atomic mass is 10.1. The second-order valence-corrected chi connectivity index (χ2v) is 8.13. The monoisotopic (exact) mass is 463 g/mol. The summed E-state index contributed by atoms with van der Waals surface area (Å²) in [5, 5.41) is 11.3. The third kappa shape index (κ3) is 8.40. The third-order valence-corrected chi connectivity index (χ3v) is 5.29. The van der Waals surface area contributed by atoms with Crippen molar-refractivity contribution in [1.29, 1.82) is 0 Å². The van der Waals surface area contributed by atoms with Crippen LogP contribution < -0.4 is 16.2 Å². The van der Waals surface area contributed by atoms with Gasteiger partial charge in [0.25, 0.3) is 5.91 Å². The molecular weight excluding hydrogens is 430 g/mol. The van der Waals surface area contributed by atoms with E-state index in [9.17, 15) is 9.59 Å². The fourth-order valence-electron chi connectivity index (χ4n) is 3.41. The maximum absolute atomic E-state index is 12.2. The van der Waals surface area contributed by atoms with E-state index in [1.54, 1.807) is 36.7 Å². The van der Waals surface area contributed by atoms with Gasteiger partial charge in [-0.05, 0) is 55.7 Å². The van der Waals surface area contributed by atoms with Crippen LogP contribution in [-0.4, -0.2) is 38.3 Å². The van der Waals surface area contributed by atoms with Crippen molar-refractivity contribution in [1.82, 2.24) is 30.8 Å². The molecule has 0 saturated heterocycles. The molecule has 0 fully saturated rings. The van der Waals surface area contributed by atoms with E-state index < -0.39 is 0 Å². The molecule has 1 aromatic carbocycles. The molecular formula is C25H33N7O2. The van der Waals surface area contributed by atoms with Crippen molar-refractivity contribution in [3.05, 3.63) is 60.6 Å². The summed E-state index contributed by atoms with van der Waals surface area (Å²) in [7, 11) is 0. The first kappa shape index (κ1) is 25.0. The molecule has 0 saturated carbocycles. The van der Waals surface area contributed by atoms with Gasteiger partial charge in [0.1, 0.15) is 5.69 Å². The minimum atomic E-state index is -0.191. The number of benzene rings is 1. The number of rotatable bonds is 14. The molecule has 3 rings (SSSR count). The Morgan fingerprint density at radius 2 is 1.79 bits per heavy atom. The number of nitrogens with one attached hydrogen (secondary N) is 3. The van der Waals surface area contributed by atoms with Crippen molar-refractivity contribution in [3.63, 3.8) is 0 Å². The number of aryl methyl sites for hydroxylation is 1. The molecule has 3 aromatic rings. The lowest BCUT2D eigenvalue weighted by Gasteiger charge is -2.08. The van der Waals surface area contributed by atoms with Crippen molar-refractivity contribution in [3.8, 4) is 11.3 Å². The Morgan fingerprint density at radius 1 is 1.00 bits per heavy atom. The van der Waals surface area contributed by atoms with Crippen LogP contribution in [0, 0.1) is 0 Å². The van der Waals surface area contributed by atoms with Crippen molar-refractivity contribution in [2.24, 2.45) is 0 Å². The van der Waals surface area contributed by atoms with Crippen LogP contribution in [0.25, 0.3) is 11.3 Å². The summed E-state index contributed by atoms with van der Waals surface area (Å²) >= 11 is 0. The first-order valence-electron chi connectivity index (χ1n) is 11.9. The Bertz CT molecular complexity index is 1020. The van der Waals surface area contributed by atoms with Crippen LogP contribution in [0.1, 0.15) is 62.2 Å². The minimum Gasteiger partial charge on any atom is -0.326 e. The number of amides is 2. The van der Waals surface area contributed by atoms with Crippen LogP contribution in [0.5, 0.6) is 0 Å². The van der Waals surface area contributed by atoms with Crippen LogP contribution in [0.15, 0.2) is 55.0 Å². The number of hydrogen-bond donors (Lipinski definition) is 3. The fraction of sp³-hybridized carbons (Fsp3) is 0.400. The zero-order valence-electron chi connectivity index (χ0n) is 19.7. The summed E-state index contributed by atoms with van der Waals surface area (Å²) in [4.78, 5) is 28.3. The van der Waals surface area contributed by atoms with Crippen molar-refractivity contribution >= 4 is 17.5 Å². The van der Waals surface area contributed by atoms with E-state index >= 15 is 0 Å². The predicted molar refractivity (Wildman–Crippen MR) is 132 cm³/mol. The number of pyridine rings is 1. The van der Waals surface area contributed by atoms with Gasteiger partial charge in [0, 0.05) is 48.7 Å². The zero-order chi connectivity index (χ0) is 24.0. The molecule has 0 aliphatic carbocycles. The summed E-state index contributed by atoms with van der Waals surface area (Å²) in [6.07, 6.45) is 11.9. The number of nitrogens with zero attached hydrogens (tertiary/aromatic N) is 4. The van der Waals surface area contributed by atoms with Gasteiger partial charge in [0.2, 0.25) is 5.91 Å². The normalized spacial score (nSPS) is 10.7. The third-order valence-electron chi connectivity index (χ3n) is 5.29. The second-order valence-electron chi connectivity index (χ2n) is 8.13. The molecule has 0 radical (unpaired) electrons. The number of aromatic nitrogens is 4. The maximum Gasteiger partial charge on any atom is 0.265 e.